The third-order valence-corrected chi connectivity index (χ3v) is 4.70. The molecule has 6 heteroatoms. The van der Waals surface area contributed by atoms with E-state index in [4.69, 9.17) is 10.5 Å². The van der Waals surface area contributed by atoms with Gasteiger partial charge < -0.3 is 10.5 Å². The van der Waals surface area contributed by atoms with Gasteiger partial charge in [-0.25, -0.2) is 12.7 Å². The Labute approximate surface area is 121 Å². The summed E-state index contributed by atoms with van der Waals surface area (Å²) in [4.78, 5) is 0.254. The molecule has 20 heavy (non-hydrogen) atoms. The predicted molar refractivity (Wildman–Crippen MR) is 80.2 cm³/mol. The number of hydrogen-bond donors (Lipinski definition) is 1. The molecule has 0 bridgehead atoms. The molecule has 0 spiro atoms. The molecule has 5 nitrogen and oxygen atoms in total. The van der Waals surface area contributed by atoms with Crippen LogP contribution in [0.4, 0.5) is 0 Å². The lowest BCUT2D eigenvalue weighted by Crippen LogP contribution is -2.30. The van der Waals surface area contributed by atoms with Gasteiger partial charge in [0.05, 0.1) is 11.5 Å². The molecule has 0 radical (unpaired) electrons. The minimum Gasteiger partial charge on any atom is -0.494 e. The summed E-state index contributed by atoms with van der Waals surface area (Å²) in [5, 5.41) is 0. The number of ether oxygens (including phenoxy) is 1. The van der Waals surface area contributed by atoms with E-state index >= 15 is 0 Å². The molecule has 1 aromatic carbocycles. The highest BCUT2D eigenvalue weighted by Crippen LogP contribution is 2.24. The molecule has 0 fully saturated rings. The molecule has 0 saturated heterocycles. The second kappa shape index (κ2) is 7.06. The van der Waals surface area contributed by atoms with E-state index in [-0.39, 0.29) is 17.4 Å². The van der Waals surface area contributed by atoms with Crippen LogP contribution in [0.3, 0.4) is 0 Å². The fourth-order valence-corrected chi connectivity index (χ4v) is 3.35. The van der Waals surface area contributed by atoms with Gasteiger partial charge in [0.2, 0.25) is 10.0 Å². The molecule has 0 aliphatic heterocycles. The fraction of sp³-hybridized carbons (Fsp3) is 0.571. The molecule has 1 aromatic rings. The van der Waals surface area contributed by atoms with Gasteiger partial charge in [0.25, 0.3) is 0 Å². The van der Waals surface area contributed by atoms with Crippen molar-refractivity contribution in [3.63, 3.8) is 0 Å². The summed E-state index contributed by atoms with van der Waals surface area (Å²) in [6.45, 7) is 7.08. The van der Waals surface area contributed by atoms with Crippen LogP contribution >= 0.6 is 0 Å². The molecule has 0 heterocycles. The van der Waals surface area contributed by atoms with E-state index < -0.39 is 10.0 Å². The average Bonchev–Trinajstić information content (AvgIpc) is 2.38. The zero-order chi connectivity index (χ0) is 15.3. The van der Waals surface area contributed by atoms with Gasteiger partial charge in [-0.3, -0.25) is 0 Å². The first-order chi connectivity index (χ1) is 9.32. The third kappa shape index (κ3) is 3.94. The Balaban J connectivity index is 3.13. The molecule has 0 unspecified atom stereocenters. The summed E-state index contributed by atoms with van der Waals surface area (Å²) >= 11 is 0. The Morgan fingerprint density at radius 3 is 2.50 bits per heavy atom. The van der Waals surface area contributed by atoms with Crippen molar-refractivity contribution in [2.75, 3.05) is 20.2 Å². The topological polar surface area (TPSA) is 72.6 Å². The first-order valence-corrected chi connectivity index (χ1v) is 8.19. The van der Waals surface area contributed by atoms with Gasteiger partial charge in [-0.15, -0.1) is 0 Å². The van der Waals surface area contributed by atoms with Gasteiger partial charge in [-0.1, -0.05) is 13.8 Å². The minimum absolute atomic E-state index is 0.243. The van der Waals surface area contributed by atoms with E-state index in [0.717, 1.165) is 0 Å². The largest absolute Gasteiger partial charge is 0.494 e. The predicted octanol–water partition coefficient (Wildman–Crippen LogP) is 1.82. The van der Waals surface area contributed by atoms with Gasteiger partial charge in [0.1, 0.15) is 5.75 Å². The van der Waals surface area contributed by atoms with E-state index in [0.29, 0.717) is 24.5 Å². The molecule has 114 valence electrons. The van der Waals surface area contributed by atoms with Crippen LogP contribution in [0.15, 0.2) is 23.1 Å². The van der Waals surface area contributed by atoms with Crippen molar-refractivity contribution in [1.29, 1.82) is 0 Å². The first-order valence-electron chi connectivity index (χ1n) is 6.75. The molecule has 1 rings (SSSR count). The second-order valence-corrected chi connectivity index (χ2v) is 7.13. The molecule has 2 N–H and O–H groups in total. The molecule has 0 amide bonds. The van der Waals surface area contributed by atoms with E-state index in [2.05, 4.69) is 0 Å². The summed E-state index contributed by atoms with van der Waals surface area (Å²) in [5.41, 5.74) is 6.36. The average molecular weight is 300 g/mol. The Hall–Kier alpha value is -1.11. The van der Waals surface area contributed by atoms with Crippen molar-refractivity contribution < 1.29 is 13.2 Å². The van der Waals surface area contributed by atoms with E-state index in [1.54, 1.807) is 25.2 Å². The molecule has 0 aliphatic carbocycles. The molecular weight excluding hydrogens is 276 g/mol. The maximum atomic E-state index is 12.4. The molecule has 0 saturated carbocycles. The van der Waals surface area contributed by atoms with E-state index in [9.17, 15) is 8.42 Å². The SMILES string of the molecule is CCOc1ccc(S(=O)(=O)N(C)CC(C)C)cc1CN. The summed E-state index contributed by atoms with van der Waals surface area (Å²) in [5.74, 6) is 0.909. The second-order valence-electron chi connectivity index (χ2n) is 5.09. The Morgan fingerprint density at radius 2 is 2.00 bits per heavy atom. The van der Waals surface area contributed by atoms with Gasteiger partial charge in [0, 0.05) is 25.7 Å². The van der Waals surface area contributed by atoms with Crippen LogP contribution in [-0.4, -0.2) is 32.9 Å². The number of nitrogens with two attached hydrogens (primary N) is 1. The minimum atomic E-state index is -3.48. The van der Waals surface area contributed by atoms with Crippen LogP contribution in [0, 0.1) is 5.92 Å². The van der Waals surface area contributed by atoms with Crippen LogP contribution < -0.4 is 10.5 Å². The zero-order valence-electron chi connectivity index (χ0n) is 12.6. The Morgan fingerprint density at radius 1 is 1.35 bits per heavy atom. The lowest BCUT2D eigenvalue weighted by atomic mass is 10.2. The normalized spacial score (nSPS) is 12.2. The molecular formula is C14H24N2O3S. The maximum Gasteiger partial charge on any atom is 0.242 e. The lowest BCUT2D eigenvalue weighted by Gasteiger charge is -2.20. The molecule has 0 aromatic heterocycles. The van der Waals surface area contributed by atoms with Crippen molar-refractivity contribution in [3.05, 3.63) is 23.8 Å². The summed E-state index contributed by atoms with van der Waals surface area (Å²) in [6.07, 6.45) is 0. The quantitative estimate of drug-likeness (QED) is 0.833. The fourth-order valence-electron chi connectivity index (χ4n) is 1.96. The standard InChI is InChI=1S/C14H24N2O3S/c1-5-19-14-7-6-13(8-12(14)9-15)20(17,18)16(4)10-11(2)3/h6-8,11H,5,9-10,15H2,1-4H3. The van der Waals surface area contributed by atoms with Crippen molar-refractivity contribution in [3.8, 4) is 5.75 Å². The molecule has 0 atom stereocenters. The van der Waals surface area contributed by atoms with Crippen LogP contribution in [0.2, 0.25) is 0 Å². The van der Waals surface area contributed by atoms with E-state index in [1.165, 1.54) is 4.31 Å². The first kappa shape index (κ1) is 16.9. The summed E-state index contributed by atoms with van der Waals surface area (Å²) in [7, 11) is -1.88. The van der Waals surface area contributed by atoms with Crippen LogP contribution in [0.1, 0.15) is 26.3 Å². The zero-order valence-corrected chi connectivity index (χ0v) is 13.4. The van der Waals surface area contributed by atoms with Gasteiger partial charge in [0.15, 0.2) is 0 Å². The van der Waals surface area contributed by atoms with Crippen molar-refractivity contribution in [2.45, 2.75) is 32.2 Å². The van der Waals surface area contributed by atoms with Crippen LogP contribution in [0.5, 0.6) is 5.75 Å². The van der Waals surface area contributed by atoms with Crippen LogP contribution in [0.25, 0.3) is 0 Å². The Kier molecular flexibility index (Phi) is 5.98. The smallest absolute Gasteiger partial charge is 0.242 e. The lowest BCUT2D eigenvalue weighted by molar-refractivity contribution is 0.336. The number of sulfonamides is 1. The summed E-state index contributed by atoms with van der Waals surface area (Å²) < 4.78 is 31.7. The maximum absolute atomic E-state index is 12.4. The number of hydrogen-bond acceptors (Lipinski definition) is 4. The third-order valence-electron chi connectivity index (χ3n) is 2.88. The highest BCUT2D eigenvalue weighted by Gasteiger charge is 2.22. The number of benzene rings is 1. The highest BCUT2D eigenvalue weighted by atomic mass is 32.2. The number of rotatable bonds is 7. The van der Waals surface area contributed by atoms with Crippen molar-refractivity contribution in [2.24, 2.45) is 11.7 Å². The Bertz CT molecular complexity index is 541. The summed E-state index contributed by atoms with van der Waals surface area (Å²) in [6, 6.07) is 4.83. The van der Waals surface area contributed by atoms with Crippen molar-refractivity contribution >= 4 is 10.0 Å². The van der Waals surface area contributed by atoms with E-state index in [1.807, 2.05) is 20.8 Å². The monoisotopic (exact) mass is 300 g/mol. The number of nitrogens with zero attached hydrogens (tertiary/aromatic N) is 1. The van der Waals surface area contributed by atoms with Gasteiger partial charge in [-0.05, 0) is 31.0 Å². The van der Waals surface area contributed by atoms with Gasteiger partial charge >= 0.3 is 0 Å². The molecule has 0 aliphatic rings. The van der Waals surface area contributed by atoms with Crippen LogP contribution in [-0.2, 0) is 16.6 Å². The van der Waals surface area contributed by atoms with Crippen molar-refractivity contribution in [1.82, 2.24) is 4.31 Å². The highest BCUT2D eigenvalue weighted by molar-refractivity contribution is 7.89. The van der Waals surface area contributed by atoms with Gasteiger partial charge in [-0.2, -0.15) is 0 Å².